The monoisotopic (exact) mass is 227 g/mol. The molecule has 1 aliphatic carbocycles. The molecule has 94 valence electrons. The van der Waals surface area contributed by atoms with Crippen LogP contribution in [0.4, 0.5) is 0 Å². The van der Waals surface area contributed by atoms with Gasteiger partial charge in [0.15, 0.2) is 0 Å². The van der Waals surface area contributed by atoms with E-state index >= 15 is 0 Å². The minimum atomic E-state index is -0.480. The summed E-state index contributed by atoms with van der Waals surface area (Å²) in [7, 11) is 0. The van der Waals surface area contributed by atoms with E-state index < -0.39 is 5.60 Å². The number of aliphatic hydroxyl groups is 2. The molecule has 2 unspecified atom stereocenters. The molecule has 0 aromatic carbocycles. The summed E-state index contributed by atoms with van der Waals surface area (Å²) in [6, 6.07) is 0.346. The van der Waals surface area contributed by atoms with Crippen molar-refractivity contribution in [3.05, 3.63) is 0 Å². The second-order valence-electron chi connectivity index (χ2n) is 5.81. The van der Waals surface area contributed by atoms with Crippen molar-refractivity contribution in [2.24, 2.45) is 0 Å². The van der Waals surface area contributed by atoms with Crippen LogP contribution in [0.2, 0.25) is 0 Å². The summed E-state index contributed by atoms with van der Waals surface area (Å²) in [5.74, 6) is 0. The number of likely N-dealkylation sites (tertiary alicyclic amines) is 1. The number of rotatable bonds is 1. The predicted octanol–water partition coefficient (Wildman–Crippen LogP) is 1.53. The van der Waals surface area contributed by atoms with Crippen molar-refractivity contribution < 1.29 is 10.2 Å². The fourth-order valence-corrected chi connectivity index (χ4v) is 3.03. The Hall–Kier alpha value is -0.120. The Labute approximate surface area is 98.5 Å². The summed E-state index contributed by atoms with van der Waals surface area (Å²) in [6.45, 7) is 3.80. The van der Waals surface area contributed by atoms with Crippen molar-refractivity contribution in [1.82, 2.24) is 4.90 Å². The molecule has 2 fully saturated rings. The lowest BCUT2D eigenvalue weighted by Gasteiger charge is -2.41. The van der Waals surface area contributed by atoms with E-state index in [4.69, 9.17) is 0 Å². The van der Waals surface area contributed by atoms with E-state index in [0.29, 0.717) is 6.04 Å². The topological polar surface area (TPSA) is 43.7 Å². The second kappa shape index (κ2) is 5.03. The average Bonchev–Trinajstić information content (AvgIpc) is 2.44. The molecule has 1 heterocycles. The second-order valence-corrected chi connectivity index (χ2v) is 5.81. The van der Waals surface area contributed by atoms with Gasteiger partial charge >= 0.3 is 0 Å². The summed E-state index contributed by atoms with van der Waals surface area (Å²) in [4.78, 5) is 2.40. The van der Waals surface area contributed by atoms with Crippen molar-refractivity contribution in [1.29, 1.82) is 0 Å². The first-order valence-corrected chi connectivity index (χ1v) is 6.73. The van der Waals surface area contributed by atoms with Crippen molar-refractivity contribution in [3.8, 4) is 0 Å². The molecule has 3 nitrogen and oxygen atoms in total. The zero-order valence-electron chi connectivity index (χ0n) is 10.4. The molecule has 2 N–H and O–H groups in total. The van der Waals surface area contributed by atoms with Crippen LogP contribution in [0.3, 0.4) is 0 Å². The minimum absolute atomic E-state index is 0.148. The quantitative estimate of drug-likeness (QED) is 0.668. The van der Waals surface area contributed by atoms with E-state index in [1.807, 2.05) is 6.92 Å². The SMILES string of the molecule is CC1(O)CCN(C2CCCCCC2O)CC1. The third kappa shape index (κ3) is 2.96. The highest BCUT2D eigenvalue weighted by molar-refractivity contribution is 4.88. The van der Waals surface area contributed by atoms with Gasteiger partial charge in [-0.05, 0) is 32.6 Å². The van der Waals surface area contributed by atoms with E-state index in [1.165, 1.54) is 19.3 Å². The summed E-state index contributed by atoms with van der Waals surface area (Å²) in [6.07, 6.45) is 7.30. The zero-order chi connectivity index (χ0) is 11.6. The first kappa shape index (κ1) is 12.3. The lowest BCUT2D eigenvalue weighted by Crippen LogP contribution is -2.50. The lowest BCUT2D eigenvalue weighted by atomic mass is 9.91. The largest absolute Gasteiger partial charge is 0.391 e. The molecule has 0 aromatic heterocycles. The van der Waals surface area contributed by atoms with Crippen LogP contribution in [0.5, 0.6) is 0 Å². The summed E-state index contributed by atoms with van der Waals surface area (Å²) in [5, 5.41) is 20.1. The molecule has 1 saturated heterocycles. The normalized spacial score (nSPS) is 36.9. The van der Waals surface area contributed by atoms with Gasteiger partial charge in [0, 0.05) is 19.1 Å². The predicted molar refractivity (Wildman–Crippen MR) is 64.3 cm³/mol. The smallest absolute Gasteiger partial charge is 0.0695 e. The minimum Gasteiger partial charge on any atom is -0.391 e. The van der Waals surface area contributed by atoms with Gasteiger partial charge in [-0.1, -0.05) is 19.3 Å². The lowest BCUT2D eigenvalue weighted by molar-refractivity contribution is -0.0394. The molecule has 0 amide bonds. The maximum absolute atomic E-state index is 10.1. The van der Waals surface area contributed by atoms with E-state index in [2.05, 4.69) is 4.90 Å². The maximum Gasteiger partial charge on any atom is 0.0695 e. The van der Waals surface area contributed by atoms with Crippen LogP contribution >= 0.6 is 0 Å². The fourth-order valence-electron chi connectivity index (χ4n) is 3.03. The van der Waals surface area contributed by atoms with Crippen molar-refractivity contribution in [2.45, 2.75) is 69.6 Å². The Kier molecular flexibility index (Phi) is 3.88. The highest BCUT2D eigenvalue weighted by atomic mass is 16.3. The molecule has 2 rings (SSSR count). The van der Waals surface area contributed by atoms with Crippen LogP contribution < -0.4 is 0 Å². The zero-order valence-corrected chi connectivity index (χ0v) is 10.4. The van der Waals surface area contributed by atoms with E-state index in [-0.39, 0.29) is 6.10 Å². The number of nitrogens with zero attached hydrogens (tertiary/aromatic N) is 1. The molecule has 0 bridgehead atoms. The van der Waals surface area contributed by atoms with Crippen molar-refractivity contribution in [3.63, 3.8) is 0 Å². The van der Waals surface area contributed by atoms with Crippen molar-refractivity contribution >= 4 is 0 Å². The highest BCUT2D eigenvalue weighted by Crippen LogP contribution is 2.28. The summed E-state index contributed by atoms with van der Waals surface area (Å²) >= 11 is 0. The molecule has 0 spiro atoms. The van der Waals surface area contributed by atoms with Gasteiger partial charge in [0.2, 0.25) is 0 Å². The van der Waals surface area contributed by atoms with E-state index in [9.17, 15) is 10.2 Å². The fraction of sp³-hybridized carbons (Fsp3) is 1.00. The van der Waals surface area contributed by atoms with Gasteiger partial charge in [0.05, 0.1) is 11.7 Å². The van der Waals surface area contributed by atoms with Gasteiger partial charge < -0.3 is 10.2 Å². The maximum atomic E-state index is 10.1. The van der Waals surface area contributed by atoms with Crippen LogP contribution in [0, 0.1) is 0 Å². The molecule has 0 radical (unpaired) electrons. The van der Waals surface area contributed by atoms with Gasteiger partial charge in [-0.15, -0.1) is 0 Å². The first-order valence-electron chi connectivity index (χ1n) is 6.73. The van der Waals surface area contributed by atoms with Gasteiger partial charge in [-0.25, -0.2) is 0 Å². The number of aliphatic hydroxyl groups excluding tert-OH is 1. The molecule has 2 aliphatic rings. The van der Waals surface area contributed by atoms with Gasteiger partial charge in [0.1, 0.15) is 0 Å². The molecule has 0 aromatic rings. The third-order valence-electron chi connectivity index (χ3n) is 4.29. The number of piperidine rings is 1. The van der Waals surface area contributed by atoms with Gasteiger partial charge in [-0.2, -0.15) is 0 Å². The Morgan fingerprint density at radius 3 is 2.38 bits per heavy atom. The Bertz CT molecular complexity index is 220. The Balaban J connectivity index is 1.91. The van der Waals surface area contributed by atoms with Gasteiger partial charge in [-0.3, -0.25) is 4.90 Å². The highest BCUT2D eigenvalue weighted by Gasteiger charge is 2.33. The number of hydrogen-bond acceptors (Lipinski definition) is 3. The summed E-state index contributed by atoms with van der Waals surface area (Å²) < 4.78 is 0. The molecular weight excluding hydrogens is 202 g/mol. The van der Waals surface area contributed by atoms with E-state index in [0.717, 1.165) is 38.8 Å². The Morgan fingerprint density at radius 1 is 1.06 bits per heavy atom. The van der Waals surface area contributed by atoms with E-state index in [1.54, 1.807) is 0 Å². The Morgan fingerprint density at radius 2 is 1.69 bits per heavy atom. The number of hydrogen-bond donors (Lipinski definition) is 2. The first-order chi connectivity index (χ1) is 7.58. The summed E-state index contributed by atoms with van der Waals surface area (Å²) in [5.41, 5.74) is -0.480. The van der Waals surface area contributed by atoms with Crippen LogP contribution in [-0.2, 0) is 0 Å². The standard InChI is InChI=1S/C13H25NO2/c1-13(16)7-9-14(10-8-13)11-5-3-2-4-6-12(11)15/h11-12,15-16H,2-10H2,1H3. The molecular formula is C13H25NO2. The van der Waals surface area contributed by atoms with Crippen LogP contribution in [0.25, 0.3) is 0 Å². The average molecular weight is 227 g/mol. The van der Waals surface area contributed by atoms with Gasteiger partial charge in [0.25, 0.3) is 0 Å². The third-order valence-corrected chi connectivity index (χ3v) is 4.29. The van der Waals surface area contributed by atoms with Crippen LogP contribution in [-0.4, -0.2) is 45.9 Å². The molecule has 16 heavy (non-hydrogen) atoms. The molecule has 2 atom stereocenters. The molecule has 1 aliphatic heterocycles. The van der Waals surface area contributed by atoms with Crippen LogP contribution in [0.15, 0.2) is 0 Å². The van der Waals surface area contributed by atoms with Crippen LogP contribution in [0.1, 0.15) is 51.9 Å². The molecule has 3 heteroatoms. The molecule has 1 saturated carbocycles. The van der Waals surface area contributed by atoms with Crippen molar-refractivity contribution in [2.75, 3.05) is 13.1 Å².